The third kappa shape index (κ3) is 4.31. The van der Waals surface area contributed by atoms with Gasteiger partial charge in [0, 0.05) is 53.4 Å². The van der Waals surface area contributed by atoms with Crippen molar-refractivity contribution in [2.75, 3.05) is 39.3 Å². The molecule has 27 heavy (non-hydrogen) atoms. The monoisotopic (exact) mass is 378 g/mol. The van der Waals surface area contributed by atoms with Crippen molar-refractivity contribution in [1.29, 1.82) is 0 Å². The van der Waals surface area contributed by atoms with Gasteiger partial charge in [0.2, 0.25) is 0 Å². The molecule has 0 amide bonds. The van der Waals surface area contributed by atoms with Crippen LogP contribution in [0, 0.1) is 0 Å². The Morgan fingerprint density at radius 1 is 1.07 bits per heavy atom. The lowest BCUT2D eigenvalue weighted by molar-refractivity contribution is 0.0175. The first-order valence-electron chi connectivity index (χ1n) is 9.45. The van der Waals surface area contributed by atoms with Crippen molar-refractivity contribution >= 4 is 11.2 Å². The minimum absolute atomic E-state index is 0.275. The molecule has 0 bridgehead atoms. The highest BCUT2D eigenvalue weighted by atomic mass is 16.3. The number of hydrogen-bond donors (Lipinski definition) is 1. The summed E-state index contributed by atoms with van der Waals surface area (Å²) >= 11 is 0. The molecule has 1 N–H and O–H groups in total. The molecule has 1 fully saturated rings. The average Bonchev–Trinajstić information content (AvgIpc) is 2.98. The second-order valence-electron chi connectivity index (χ2n) is 8.11. The Hall–Kier alpha value is -1.97. The molecule has 0 radical (unpaired) electrons. The van der Waals surface area contributed by atoms with Crippen molar-refractivity contribution in [2.45, 2.75) is 32.4 Å². The predicted octanol–water partition coefficient (Wildman–Crippen LogP) is -0.788. The van der Waals surface area contributed by atoms with Crippen molar-refractivity contribution in [3.05, 3.63) is 27.2 Å². The Labute approximate surface area is 158 Å². The molecule has 9 nitrogen and oxygen atoms in total. The fourth-order valence-corrected chi connectivity index (χ4v) is 3.76. The number of rotatable bonds is 6. The molecule has 0 unspecified atom stereocenters. The van der Waals surface area contributed by atoms with Crippen LogP contribution >= 0.6 is 0 Å². The second kappa shape index (κ2) is 7.57. The van der Waals surface area contributed by atoms with Gasteiger partial charge in [-0.15, -0.1) is 0 Å². The zero-order valence-electron chi connectivity index (χ0n) is 16.7. The number of aromatic nitrogens is 4. The number of nitrogens with zero attached hydrogens (tertiary/aromatic N) is 6. The summed E-state index contributed by atoms with van der Waals surface area (Å²) in [6.07, 6.45) is 2.30. The standard InChI is InChI=1S/C18H30N6O3/c1-18(2,27)12-23-10-8-22(9-11-23)6-5-7-24-16(25)14-15(19-13-20(14)3)21(4)17(24)26/h13,27H,5-12H2,1-4H3. The molecule has 3 rings (SSSR count). The minimum Gasteiger partial charge on any atom is -0.389 e. The summed E-state index contributed by atoms with van der Waals surface area (Å²) < 4.78 is 4.41. The van der Waals surface area contributed by atoms with Crippen LogP contribution in [-0.2, 0) is 20.6 Å². The normalized spacial score (nSPS) is 17.1. The van der Waals surface area contributed by atoms with E-state index in [9.17, 15) is 14.7 Å². The quantitative estimate of drug-likeness (QED) is 0.709. The lowest BCUT2D eigenvalue weighted by atomic mass is 10.1. The number of hydrogen-bond acceptors (Lipinski definition) is 6. The molecular formula is C18H30N6O3. The molecule has 1 aliphatic rings. The van der Waals surface area contributed by atoms with Crippen LogP contribution in [-0.4, -0.2) is 78.5 Å². The van der Waals surface area contributed by atoms with Gasteiger partial charge < -0.3 is 14.6 Å². The fraction of sp³-hybridized carbons (Fsp3) is 0.722. The largest absolute Gasteiger partial charge is 0.389 e. The van der Waals surface area contributed by atoms with Gasteiger partial charge in [-0.25, -0.2) is 9.78 Å². The van der Waals surface area contributed by atoms with Crippen molar-refractivity contribution in [2.24, 2.45) is 14.1 Å². The maximum atomic E-state index is 12.7. The fourth-order valence-electron chi connectivity index (χ4n) is 3.76. The second-order valence-corrected chi connectivity index (χ2v) is 8.11. The van der Waals surface area contributed by atoms with Gasteiger partial charge in [-0.3, -0.25) is 18.8 Å². The Morgan fingerprint density at radius 3 is 2.33 bits per heavy atom. The van der Waals surface area contributed by atoms with E-state index in [0.717, 1.165) is 39.1 Å². The first kappa shape index (κ1) is 19.8. The number of aryl methyl sites for hydroxylation is 2. The van der Waals surface area contributed by atoms with Crippen molar-refractivity contribution in [3.63, 3.8) is 0 Å². The van der Waals surface area contributed by atoms with Gasteiger partial charge in [-0.2, -0.15) is 0 Å². The number of β-amino-alcohol motifs (C(OH)–C–C–N with tert-alkyl or cyclic N) is 1. The molecule has 0 saturated carbocycles. The van der Waals surface area contributed by atoms with Gasteiger partial charge in [0.05, 0.1) is 11.9 Å². The molecule has 0 spiro atoms. The topological polar surface area (TPSA) is 88.5 Å². The number of aliphatic hydroxyl groups is 1. The maximum absolute atomic E-state index is 12.7. The SMILES string of the molecule is Cn1cnc2c1c(=O)n(CCCN1CCN(CC(C)(C)O)CC1)c(=O)n2C. The van der Waals surface area contributed by atoms with E-state index < -0.39 is 5.60 Å². The minimum atomic E-state index is -0.673. The van der Waals surface area contributed by atoms with E-state index in [4.69, 9.17) is 0 Å². The van der Waals surface area contributed by atoms with E-state index >= 15 is 0 Å². The van der Waals surface area contributed by atoms with Crippen LogP contribution in [0.5, 0.6) is 0 Å². The summed E-state index contributed by atoms with van der Waals surface area (Å²) in [5, 5.41) is 9.93. The molecule has 150 valence electrons. The summed E-state index contributed by atoms with van der Waals surface area (Å²) in [7, 11) is 3.41. The lowest BCUT2D eigenvalue weighted by Crippen LogP contribution is -2.50. The van der Waals surface area contributed by atoms with Crippen LogP contribution in [0.1, 0.15) is 20.3 Å². The lowest BCUT2D eigenvalue weighted by Gasteiger charge is -2.37. The van der Waals surface area contributed by atoms with Gasteiger partial charge in [0.25, 0.3) is 5.56 Å². The van der Waals surface area contributed by atoms with Gasteiger partial charge in [0.1, 0.15) is 0 Å². The molecule has 2 aromatic heterocycles. The zero-order chi connectivity index (χ0) is 19.8. The molecule has 9 heteroatoms. The summed E-state index contributed by atoms with van der Waals surface area (Å²) in [6.45, 7) is 9.29. The molecule has 0 aliphatic carbocycles. The van der Waals surface area contributed by atoms with Gasteiger partial charge in [0.15, 0.2) is 11.2 Å². The molecule has 1 aliphatic heterocycles. The summed E-state index contributed by atoms with van der Waals surface area (Å²) in [5.74, 6) is 0. The van der Waals surface area contributed by atoms with Gasteiger partial charge >= 0.3 is 5.69 Å². The van der Waals surface area contributed by atoms with Crippen LogP contribution in [0.15, 0.2) is 15.9 Å². The molecular weight excluding hydrogens is 348 g/mol. The third-order valence-corrected chi connectivity index (χ3v) is 5.13. The predicted molar refractivity (Wildman–Crippen MR) is 104 cm³/mol. The van der Waals surface area contributed by atoms with E-state index in [0.29, 0.717) is 24.3 Å². The number of piperazine rings is 1. The highest BCUT2D eigenvalue weighted by Crippen LogP contribution is 2.09. The first-order chi connectivity index (χ1) is 12.7. The van der Waals surface area contributed by atoms with Gasteiger partial charge in [-0.1, -0.05) is 0 Å². The van der Waals surface area contributed by atoms with E-state index in [-0.39, 0.29) is 11.2 Å². The summed E-state index contributed by atoms with van der Waals surface area (Å²) in [5.41, 5.74) is -0.387. The van der Waals surface area contributed by atoms with Crippen molar-refractivity contribution in [3.8, 4) is 0 Å². The smallest absolute Gasteiger partial charge is 0.332 e. The molecule has 1 saturated heterocycles. The van der Waals surface area contributed by atoms with Crippen molar-refractivity contribution in [1.82, 2.24) is 28.5 Å². The highest BCUT2D eigenvalue weighted by molar-refractivity contribution is 5.69. The zero-order valence-corrected chi connectivity index (χ0v) is 16.7. The van der Waals surface area contributed by atoms with Crippen LogP contribution in [0.2, 0.25) is 0 Å². The van der Waals surface area contributed by atoms with Crippen LogP contribution < -0.4 is 11.2 Å². The summed E-state index contributed by atoms with van der Waals surface area (Å²) in [6, 6.07) is 0. The first-order valence-corrected chi connectivity index (χ1v) is 9.45. The highest BCUT2D eigenvalue weighted by Gasteiger charge is 2.22. The number of imidazole rings is 1. The van der Waals surface area contributed by atoms with Crippen LogP contribution in [0.4, 0.5) is 0 Å². The number of fused-ring (bicyclic) bond motifs is 1. The van der Waals surface area contributed by atoms with E-state index in [1.54, 1.807) is 25.0 Å². The van der Waals surface area contributed by atoms with Gasteiger partial charge in [-0.05, 0) is 26.8 Å². The maximum Gasteiger partial charge on any atom is 0.332 e. The molecule has 0 atom stereocenters. The summed E-state index contributed by atoms with van der Waals surface area (Å²) in [4.78, 5) is 34.0. The third-order valence-electron chi connectivity index (χ3n) is 5.13. The Balaban J connectivity index is 1.60. The Kier molecular flexibility index (Phi) is 5.55. The molecule has 0 aromatic carbocycles. The Bertz CT molecular complexity index is 912. The van der Waals surface area contributed by atoms with E-state index in [1.807, 2.05) is 13.8 Å². The van der Waals surface area contributed by atoms with Crippen molar-refractivity contribution < 1.29 is 5.11 Å². The van der Waals surface area contributed by atoms with E-state index in [2.05, 4.69) is 14.8 Å². The average molecular weight is 378 g/mol. The Morgan fingerprint density at radius 2 is 1.70 bits per heavy atom. The van der Waals surface area contributed by atoms with E-state index in [1.165, 1.54) is 9.13 Å². The molecule has 3 heterocycles. The van der Waals surface area contributed by atoms with Crippen LogP contribution in [0.25, 0.3) is 11.2 Å². The van der Waals surface area contributed by atoms with Crippen LogP contribution in [0.3, 0.4) is 0 Å². The molecule has 2 aromatic rings.